The Kier molecular flexibility index (Phi) is 7.42. The zero-order chi connectivity index (χ0) is 23.2. The third-order valence-electron chi connectivity index (χ3n) is 6.05. The van der Waals surface area contributed by atoms with E-state index < -0.39 is 0 Å². The van der Waals surface area contributed by atoms with Crippen LogP contribution in [0.15, 0.2) is 48.5 Å². The van der Waals surface area contributed by atoms with Gasteiger partial charge in [0.05, 0.1) is 6.04 Å². The van der Waals surface area contributed by atoms with Crippen molar-refractivity contribution >= 4 is 23.6 Å². The molecule has 7 nitrogen and oxygen atoms in total. The summed E-state index contributed by atoms with van der Waals surface area (Å²) in [6.45, 7) is 0.662. The first-order chi connectivity index (χ1) is 16.0. The number of anilines is 1. The highest BCUT2D eigenvalue weighted by molar-refractivity contribution is 5.95. The number of carbonyl (C=O) groups is 2. The van der Waals surface area contributed by atoms with Gasteiger partial charge in [-0.15, -0.1) is 0 Å². The number of aryl methyl sites for hydroxylation is 1. The van der Waals surface area contributed by atoms with Crippen LogP contribution in [0.25, 0.3) is 6.08 Å². The maximum absolute atomic E-state index is 12.7. The summed E-state index contributed by atoms with van der Waals surface area (Å²) >= 11 is 0. The van der Waals surface area contributed by atoms with Crippen molar-refractivity contribution in [2.24, 2.45) is 0 Å². The number of amides is 2. The fourth-order valence-electron chi connectivity index (χ4n) is 4.18. The number of fused-ring (bicyclic) bond motifs is 1. The lowest BCUT2D eigenvalue weighted by Crippen LogP contribution is -2.32. The Morgan fingerprint density at radius 3 is 2.64 bits per heavy atom. The van der Waals surface area contributed by atoms with Crippen molar-refractivity contribution in [3.8, 4) is 0 Å². The Bertz CT molecular complexity index is 1010. The molecule has 0 saturated carbocycles. The maximum atomic E-state index is 12.7. The van der Waals surface area contributed by atoms with Gasteiger partial charge in [0.15, 0.2) is 6.29 Å². The van der Waals surface area contributed by atoms with Crippen LogP contribution in [-0.4, -0.2) is 38.8 Å². The first-order valence-corrected chi connectivity index (χ1v) is 11.5. The first-order valence-electron chi connectivity index (χ1n) is 11.5. The third-order valence-corrected chi connectivity index (χ3v) is 6.05. The molecule has 0 spiro atoms. The summed E-state index contributed by atoms with van der Waals surface area (Å²) in [5.74, 6) is -0.393. The predicted octanol–water partition coefficient (Wildman–Crippen LogP) is 3.76. The van der Waals surface area contributed by atoms with E-state index in [2.05, 4.69) is 16.9 Å². The average Bonchev–Trinajstić information content (AvgIpc) is 3.24. The molecule has 2 unspecified atom stereocenters. The third kappa shape index (κ3) is 6.00. The SMILES string of the molecule is CN(C)c1ccc(C(=O)NC2CCc3cc(C=CC(=O)NOC4CCCCO4)ccc32)cc1. The first kappa shape index (κ1) is 23.0. The number of carbonyl (C=O) groups excluding carboxylic acids is 2. The van der Waals surface area contributed by atoms with E-state index in [1.165, 1.54) is 11.6 Å². The number of ether oxygens (including phenoxy) is 1. The molecule has 1 fully saturated rings. The van der Waals surface area contributed by atoms with Crippen LogP contribution >= 0.6 is 0 Å². The highest BCUT2D eigenvalue weighted by Gasteiger charge is 2.24. The Morgan fingerprint density at radius 2 is 1.91 bits per heavy atom. The molecule has 2 N–H and O–H groups in total. The molecule has 1 aliphatic heterocycles. The molecule has 174 valence electrons. The minimum Gasteiger partial charge on any atom is -0.378 e. The number of hydroxylamine groups is 1. The molecule has 0 bridgehead atoms. The number of nitrogens with zero attached hydrogens (tertiary/aromatic N) is 1. The van der Waals surface area contributed by atoms with Gasteiger partial charge in [-0.3, -0.25) is 9.59 Å². The summed E-state index contributed by atoms with van der Waals surface area (Å²) in [5, 5.41) is 3.15. The normalized spacial score (nSPS) is 19.8. The standard InChI is InChI=1S/C26H31N3O4/c1-29(2)21-11-8-19(9-12-21)26(31)27-23-14-10-20-17-18(6-13-22(20)23)7-15-24(30)28-33-25-5-3-4-16-32-25/h6-9,11-13,15,17,23,25H,3-5,10,14,16H2,1-2H3,(H,27,31)(H,28,30). The zero-order valence-corrected chi connectivity index (χ0v) is 19.2. The number of hydrogen-bond donors (Lipinski definition) is 2. The number of rotatable bonds is 7. The van der Waals surface area contributed by atoms with Gasteiger partial charge in [0.1, 0.15) is 0 Å². The quantitative estimate of drug-likeness (QED) is 0.497. The van der Waals surface area contributed by atoms with Gasteiger partial charge in [0.2, 0.25) is 0 Å². The Morgan fingerprint density at radius 1 is 1.09 bits per heavy atom. The lowest BCUT2D eigenvalue weighted by atomic mass is 10.0. The van der Waals surface area contributed by atoms with E-state index in [-0.39, 0.29) is 24.1 Å². The molecule has 2 amide bonds. The molecular formula is C26H31N3O4. The molecule has 33 heavy (non-hydrogen) atoms. The molecule has 1 saturated heterocycles. The maximum Gasteiger partial charge on any atom is 0.267 e. The fraction of sp³-hybridized carbons (Fsp3) is 0.385. The summed E-state index contributed by atoms with van der Waals surface area (Å²) < 4.78 is 5.43. The summed E-state index contributed by atoms with van der Waals surface area (Å²) in [4.78, 5) is 32.0. The monoisotopic (exact) mass is 449 g/mol. The largest absolute Gasteiger partial charge is 0.378 e. The van der Waals surface area contributed by atoms with Crippen LogP contribution in [0.3, 0.4) is 0 Å². The molecule has 2 atom stereocenters. The summed E-state index contributed by atoms with van der Waals surface area (Å²) in [6, 6.07) is 13.6. The lowest BCUT2D eigenvalue weighted by Gasteiger charge is -2.21. The number of hydrogen-bond acceptors (Lipinski definition) is 5. The van der Waals surface area contributed by atoms with E-state index in [1.807, 2.05) is 55.4 Å². The van der Waals surface area contributed by atoms with Crippen molar-refractivity contribution in [2.45, 2.75) is 44.4 Å². The van der Waals surface area contributed by atoms with Gasteiger partial charge in [0, 0.05) is 44.4 Å². The van der Waals surface area contributed by atoms with Gasteiger partial charge in [-0.05, 0) is 72.7 Å². The molecular weight excluding hydrogens is 418 g/mol. The van der Waals surface area contributed by atoms with Gasteiger partial charge in [-0.25, -0.2) is 10.3 Å². The van der Waals surface area contributed by atoms with Crippen molar-refractivity contribution < 1.29 is 19.2 Å². The highest BCUT2D eigenvalue weighted by atomic mass is 16.8. The molecule has 1 aliphatic carbocycles. The molecule has 2 aliphatic rings. The van der Waals surface area contributed by atoms with Gasteiger partial charge < -0.3 is 15.0 Å². The van der Waals surface area contributed by atoms with E-state index in [9.17, 15) is 9.59 Å². The van der Waals surface area contributed by atoms with E-state index in [1.54, 1.807) is 6.08 Å². The molecule has 1 heterocycles. The Labute approximate surface area is 194 Å². The molecule has 0 radical (unpaired) electrons. The second-order valence-electron chi connectivity index (χ2n) is 8.68. The van der Waals surface area contributed by atoms with Crippen LogP contribution in [0, 0.1) is 0 Å². The zero-order valence-electron chi connectivity index (χ0n) is 19.2. The summed E-state index contributed by atoms with van der Waals surface area (Å²) in [6.07, 6.45) is 7.45. The number of benzene rings is 2. The van der Waals surface area contributed by atoms with Crippen molar-refractivity contribution in [3.63, 3.8) is 0 Å². The summed E-state index contributed by atoms with van der Waals surface area (Å²) in [5.41, 5.74) is 7.40. The molecule has 7 heteroatoms. The number of nitrogens with one attached hydrogen (secondary N) is 2. The topological polar surface area (TPSA) is 79.9 Å². The fourth-order valence-corrected chi connectivity index (χ4v) is 4.18. The Hall–Kier alpha value is -3.16. The van der Waals surface area contributed by atoms with Crippen molar-refractivity contribution in [3.05, 3.63) is 70.8 Å². The van der Waals surface area contributed by atoms with Crippen LogP contribution in [0.5, 0.6) is 0 Å². The van der Waals surface area contributed by atoms with Gasteiger partial charge in [-0.2, -0.15) is 0 Å². The molecule has 0 aromatic heterocycles. The molecule has 2 aromatic rings. The van der Waals surface area contributed by atoms with E-state index >= 15 is 0 Å². The van der Waals surface area contributed by atoms with Crippen molar-refractivity contribution in [1.29, 1.82) is 0 Å². The second-order valence-corrected chi connectivity index (χ2v) is 8.68. The molecule has 2 aromatic carbocycles. The molecule has 4 rings (SSSR count). The van der Waals surface area contributed by atoms with Gasteiger partial charge in [-0.1, -0.05) is 18.2 Å². The predicted molar refractivity (Wildman–Crippen MR) is 128 cm³/mol. The van der Waals surface area contributed by atoms with E-state index in [0.29, 0.717) is 12.2 Å². The highest BCUT2D eigenvalue weighted by Crippen LogP contribution is 2.32. The summed E-state index contributed by atoms with van der Waals surface area (Å²) in [7, 11) is 3.95. The smallest absolute Gasteiger partial charge is 0.267 e. The van der Waals surface area contributed by atoms with Crippen LogP contribution in [0.1, 0.15) is 58.8 Å². The Balaban J connectivity index is 1.32. The van der Waals surface area contributed by atoms with E-state index in [0.717, 1.165) is 48.9 Å². The van der Waals surface area contributed by atoms with Gasteiger partial charge >= 0.3 is 0 Å². The van der Waals surface area contributed by atoms with E-state index in [4.69, 9.17) is 9.57 Å². The van der Waals surface area contributed by atoms with Gasteiger partial charge in [0.25, 0.3) is 11.8 Å². The van der Waals surface area contributed by atoms with Crippen LogP contribution in [-0.2, 0) is 20.8 Å². The second kappa shape index (κ2) is 10.6. The lowest BCUT2D eigenvalue weighted by molar-refractivity contribution is -0.198. The van der Waals surface area contributed by atoms with Crippen LogP contribution in [0.2, 0.25) is 0 Å². The minimum absolute atomic E-state index is 0.00810. The minimum atomic E-state index is -0.367. The van der Waals surface area contributed by atoms with Crippen LogP contribution < -0.4 is 15.7 Å². The van der Waals surface area contributed by atoms with Crippen molar-refractivity contribution in [2.75, 3.05) is 25.6 Å². The van der Waals surface area contributed by atoms with Crippen LogP contribution in [0.4, 0.5) is 5.69 Å². The average molecular weight is 450 g/mol. The van der Waals surface area contributed by atoms with Crippen molar-refractivity contribution in [1.82, 2.24) is 10.8 Å².